The highest BCUT2D eigenvalue weighted by Gasteiger charge is 2.22. The number of esters is 2. The molecule has 0 aromatic carbocycles. The lowest BCUT2D eigenvalue weighted by Crippen LogP contribution is -2.24. The van der Waals surface area contributed by atoms with Gasteiger partial charge < -0.3 is 19.4 Å². The van der Waals surface area contributed by atoms with Crippen LogP contribution in [0.25, 0.3) is 16.7 Å². The summed E-state index contributed by atoms with van der Waals surface area (Å²) in [5.74, 6) is -0.864. The Morgan fingerprint density at radius 2 is 1.46 bits per heavy atom. The first kappa shape index (κ1) is 27.6. The number of carbonyl (C=O) groups excluding carboxylic acids is 2. The number of rotatable bonds is 9. The summed E-state index contributed by atoms with van der Waals surface area (Å²) < 4.78 is 10.7. The van der Waals surface area contributed by atoms with E-state index in [0.717, 1.165) is 34.3 Å². The van der Waals surface area contributed by atoms with Gasteiger partial charge in [-0.3, -0.25) is 4.99 Å². The summed E-state index contributed by atoms with van der Waals surface area (Å²) in [5.41, 5.74) is 6.36. The van der Waals surface area contributed by atoms with Gasteiger partial charge >= 0.3 is 11.9 Å². The number of aromatic amines is 2. The van der Waals surface area contributed by atoms with Crippen molar-refractivity contribution >= 4 is 40.6 Å². The van der Waals surface area contributed by atoms with Gasteiger partial charge in [0.1, 0.15) is 11.1 Å². The van der Waals surface area contributed by atoms with Crippen LogP contribution < -0.4 is 10.7 Å². The number of hydrogen-bond donors (Lipinski definition) is 2. The first-order valence-corrected chi connectivity index (χ1v) is 13.3. The zero-order chi connectivity index (χ0) is 27.9. The Labute approximate surface area is 227 Å². The van der Waals surface area contributed by atoms with Crippen LogP contribution in [-0.2, 0) is 19.1 Å². The molecule has 2 aliphatic heterocycles. The number of H-pyrrole nitrogens is 2. The molecule has 0 atom stereocenters. The van der Waals surface area contributed by atoms with E-state index in [1.165, 1.54) is 0 Å². The zero-order valence-electron chi connectivity index (χ0n) is 23.1. The van der Waals surface area contributed by atoms with Crippen LogP contribution >= 0.6 is 0 Å². The van der Waals surface area contributed by atoms with Crippen LogP contribution in [0.3, 0.4) is 0 Å². The second kappa shape index (κ2) is 12.4. The summed E-state index contributed by atoms with van der Waals surface area (Å²) in [5, 5.41) is 1.47. The summed E-state index contributed by atoms with van der Waals surface area (Å²) in [7, 11) is 0. The van der Waals surface area contributed by atoms with Crippen LogP contribution in [0.4, 0.5) is 0 Å². The Hall–Kier alpha value is -4.46. The number of nitrogens with one attached hydrogen (secondary N) is 2. The van der Waals surface area contributed by atoms with Gasteiger partial charge in [-0.1, -0.05) is 13.8 Å². The minimum Gasteiger partial charge on any atom is -0.462 e. The predicted octanol–water partition coefficient (Wildman–Crippen LogP) is 4.28. The summed E-state index contributed by atoms with van der Waals surface area (Å²) in [6.45, 7) is 10.3. The molecule has 2 aromatic heterocycles. The molecule has 8 nitrogen and oxygen atoms in total. The van der Waals surface area contributed by atoms with Gasteiger partial charge in [0.05, 0.1) is 41.4 Å². The minimum atomic E-state index is -0.435. The molecule has 2 N–H and O–H groups in total. The van der Waals surface area contributed by atoms with E-state index in [2.05, 4.69) is 28.8 Å². The topological polar surface area (TPSA) is 109 Å². The van der Waals surface area contributed by atoms with Gasteiger partial charge in [-0.05, 0) is 93.3 Å². The number of hydrogen-bond acceptors (Lipinski definition) is 6. The highest BCUT2D eigenvalue weighted by molar-refractivity contribution is 6.44. The van der Waals surface area contributed by atoms with Crippen molar-refractivity contribution in [2.24, 2.45) is 9.98 Å². The van der Waals surface area contributed by atoms with E-state index in [1.807, 2.05) is 43.3 Å². The molecule has 0 radical (unpaired) electrons. The Morgan fingerprint density at radius 1 is 0.769 bits per heavy atom. The van der Waals surface area contributed by atoms with Gasteiger partial charge in [-0.2, -0.15) is 0 Å². The Kier molecular flexibility index (Phi) is 8.76. The molecule has 8 heteroatoms. The molecular weight excluding hydrogens is 492 g/mol. The predicted molar refractivity (Wildman–Crippen MR) is 154 cm³/mol. The Balaban J connectivity index is 1.83. The second-order valence-corrected chi connectivity index (χ2v) is 8.97. The minimum absolute atomic E-state index is 0.263. The van der Waals surface area contributed by atoms with E-state index in [0.29, 0.717) is 40.0 Å². The van der Waals surface area contributed by atoms with Crippen molar-refractivity contribution in [1.82, 2.24) is 9.97 Å². The normalized spacial score (nSPS) is 18.2. The van der Waals surface area contributed by atoms with Crippen molar-refractivity contribution < 1.29 is 19.1 Å². The molecular formula is C31H34N4O4. The maximum Gasteiger partial charge on any atom is 0.342 e. The third-order valence-corrected chi connectivity index (χ3v) is 6.55. The molecule has 0 bridgehead atoms. The molecule has 4 heterocycles. The van der Waals surface area contributed by atoms with Gasteiger partial charge in [-0.25, -0.2) is 14.6 Å². The smallest absolute Gasteiger partial charge is 0.342 e. The van der Waals surface area contributed by atoms with E-state index in [4.69, 9.17) is 14.5 Å². The fourth-order valence-corrected chi connectivity index (χ4v) is 4.44. The number of nitrogens with zero attached hydrogens (tertiary/aromatic N) is 2. The molecule has 39 heavy (non-hydrogen) atoms. The number of aliphatic imine (C=N–C) groups is 2. The molecule has 0 spiro atoms. The summed E-state index contributed by atoms with van der Waals surface area (Å²) in [6.07, 6.45) is 10.6. The number of carbonyl (C=O) groups is 2. The molecule has 0 saturated carbocycles. The number of allylic oxidation sites excluding steroid dienone is 5. The average Bonchev–Trinajstić information content (AvgIpc) is 3.74. The van der Waals surface area contributed by atoms with Crippen molar-refractivity contribution in [3.8, 4) is 0 Å². The molecule has 202 valence electrons. The first-order valence-electron chi connectivity index (χ1n) is 13.3. The number of ether oxygens (including phenoxy) is 2. The zero-order valence-corrected chi connectivity index (χ0v) is 23.1. The molecule has 0 fully saturated rings. The largest absolute Gasteiger partial charge is 0.462 e. The molecule has 0 saturated heterocycles. The van der Waals surface area contributed by atoms with Crippen LogP contribution in [0.2, 0.25) is 0 Å². The lowest BCUT2D eigenvalue weighted by molar-refractivity contribution is -0.136. The summed E-state index contributed by atoms with van der Waals surface area (Å²) in [4.78, 5) is 41.6. The van der Waals surface area contributed by atoms with E-state index in [9.17, 15) is 9.59 Å². The van der Waals surface area contributed by atoms with E-state index in [1.54, 1.807) is 32.2 Å². The highest BCUT2D eigenvalue weighted by atomic mass is 16.5. The van der Waals surface area contributed by atoms with Crippen molar-refractivity contribution in [2.45, 2.75) is 47.5 Å². The lowest BCUT2D eigenvalue weighted by Gasteiger charge is -2.07. The summed E-state index contributed by atoms with van der Waals surface area (Å²) >= 11 is 0. The van der Waals surface area contributed by atoms with Gasteiger partial charge in [0.2, 0.25) is 0 Å². The fraction of sp³-hybridized carbons (Fsp3) is 0.290. The molecule has 2 aliphatic rings. The quantitative estimate of drug-likeness (QED) is 0.376. The van der Waals surface area contributed by atoms with E-state index in [-0.39, 0.29) is 13.2 Å². The van der Waals surface area contributed by atoms with Crippen LogP contribution in [0.15, 0.2) is 75.5 Å². The monoisotopic (exact) mass is 526 g/mol. The van der Waals surface area contributed by atoms with Crippen molar-refractivity contribution in [2.75, 3.05) is 13.2 Å². The van der Waals surface area contributed by atoms with Gasteiger partial charge in [0, 0.05) is 17.3 Å². The van der Waals surface area contributed by atoms with Gasteiger partial charge in [0.15, 0.2) is 0 Å². The van der Waals surface area contributed by atoms with Crippen molar-refractivity contribution in [3.63, 3.8) is 0 Å². The molecule has 4 rings (SSSR count). The van der Waals surface area contributed by atoms with E-state index >= 15 is 0 Å². The lowest BCUT2D eigenvalue weighted by atomic mass is 10.1. The Bertz CT molecular complexity index is 1570. The maximum atomic E-state index is 13.0. The third-order valence-electron chi connectivity index (χ3n) is 6.55. The first-order chi connectivity index (χ1) is 18.9. The Morgan fingerprint density at radius 3 is 2.10 bits per heavy atom. The van der Waals surface area contributed by atoms with Crippen LogP contribution in [0.5, 0.6) is 0 Å². The molecule has 0 unspecified atom stereocenters. The number of aromatic nitrogens is 2. The van der Waals surface area contributed by atoms with Crippen LogP contribution in [-0.4, -0.2) is 47.0 Å². The molecule has 0 amide bonds. The van der Waals surface area contributed by atoms with Crippen LogP contribution in [0, 0.1) is 0 Å². The van der Waals surface area contributed by atoms with Gasteiger partial charge in [0.25, 0.3) is 0 Å². The molecule has 2 aromatic rings. The van der Waals surface area contributed by atoms with Crippen molar-refractivity contribution in [1.29, 1.82) is 0 Å². The van der Waals surface area contributed by atoms with Gasteiger partial charge in [-0.15, -0.1) is 0 Å². The average molecular weight is 527 g/mol. The van der Waals surface area contributed by atoms with Crippen LogP contribution in [0.1, 0.15) is 58.8 Å². The maximum absolute atomic E-state index is 13.0. The highest BCUT2D eigenvalue weighted by Crippen LogP contribution is 2.26. The standard InChI is InChI=1S/C31H34N4O4/c1-6-19(5)21-12-15-26(33-21)29(31(37)39-9-4)27-17-14-23(35-27)20(7-2)22-13-16-25(34-22)28(30(36)38-8-3)24-11-10-18-32-24/h10-18,34-35H,6-9H2,1-5H3/b21-19+,23-20-,28-24+,29-27?. The van der Waals surface area contributed by atoms with Crippen molar-refractivity contribution in [3.05, 3.63) is 87.6 Å². The SMILES string of the molecule is CCOC(=O)C(C1=N/C(=C(\C)CC)C=C1)=c1cc/c(=C(\CC)c2ccc(/C(C(=O)OCC)=C3/C=CC=N3)[nH]2)[nH]1. The van der Waals surface area contributed by atoms with E-state index < -0.39 is 11.9 Å². The fourth-order valence-electron chi connectivity index (χ4n) is 4.44. The third kappa shape index (κ3) is 5.85. The second-order valence-electron chi connectivity index (χ2n) is 8.97. The molecule has 0 aliphatic carbocycles. The summed E-state index contributed by atoms with van der Waals surface area (Å²) in [6, 6.07) is 7.60.